The van der Waals surface area contributed by atoms with Crippen molar-refractivity contribution in [3.63, 3.8) is 0 Å². The summed E-state index contributed by atoms with van der Waals surface area (Å²) < 4.78 is 13.4. The molecule has 1 aromatic rings. The highest BCUT2D eigenvalue weighted by Crippen LogP contribution is 2.12. The average molecular weight is 252 g/mol. The van der Waals surface area contributed by atoms with Gasteiger partial charge in [-0.15, -0.1) is 0 Å². The molecule has 1 amide bonds. The van der Waals surface area contributed by atoms with Crippen LogP contribution in [0.1, 0.15) is 18.9 Å². The number of carbonyl (C=O) groups is 1. The zero-order chi connectivity index (χ0) is 13.4. The molecule has 1 rings (SSSR count). The van der Waals surface area contributed by atoms with E-state index in [1.165, 1.54) is 6.07 Å². The minimum atomic E-state index is -0.243. The van der Waals surface area contributed by atoms with Gasteiger partial charge in [0.05, 0.1) is 0 Å². The van der Waals surface area contributed by atoms with E-state index in [1.807, 2.05) is 14.0 Å². The summed E-state index contributed by atoms with van der Waals surface area (Å²) in [6, 6.07) is 6.59. The quantitative estimate of drug-likeness (QED) is 0.726. The second-order valence-electron chi connectivity index (χ2n) is 4.44. The first-order valence-electron chi connectivity index (χ1n) is 6.31. The van der Waals surface area contributed by atoms with Crippen LogP contribution >= 0.6 is 0 Å². The number of hydrogen-bond donors (Lipinski definition) is 2. The maximum Gasteiger partial charge on any atom is 0.223 e. The maximum atomic E-state index is 13.4. The van der Waals surface area contributed by atoms with Gasteiger partial charge in [0.2, 0.25) is 5.91 Å². The molecule has 0 saturated heterocycles. The molecule has 0 saturated carbocycles. The Labute approximate surface area is 108 Å². The number of rotatable bonds is 7. The first-order valence-corrected chi connectivity index (χ1v) is 6.31. The Morgan fingerprint density at radius 1 is 1.33 bits per heavy atom. The van der Waals surface area contributed by atoms with Crippen molar-refractivity contribution in [1.82, 2.24) is 10.6 Å². The first-order chi connectivity index (χ1) is 8.65. The van der Waals surface area contributed by atoms with Crippen molar-refractivity contribution in [2.45, 2.75) is 19.8 Å². The molecular formula is C14H21FN2O. The monoisotopic (exact) mass is 252 g/mol. The normalized spacial score (nSPS) is 12.2. The minimum Gasteiger partial charge on any atom is -0.356 e. The second-order valence-corrected chi connectivity index (χ2v) is 4.44. The van der Waals surface area contributed by atoms with Gasteiger partial charge >= 0.3 is 0 Å². The van der Waals surface area contributed by atoms with Crippen molar-refractivity contribution in [2.24, 2.45) is 5.92 Å². The molecule has 2 N–H and O–H groups in total. The summed E-state index contributed by atoms with van der Waals surface area (Å²) in [6.07, 6.45) is 1.33. The van der Waals surface area contributed by atoms with Gasteiger partial charge in [-0.05, 0) is 38.1 Å². The third-order valence-electron chi connectivity index (χ3n) is 2.83. The Kier molecular flexibility index (Phi) is 6.36. The molecule has 0 aliphatic carbocycles. The molecule has 0 aliphatic rings. The van der Waals surface area contributed by atoms with Gasteiger partial charge in [0.25, 0.3) is 0 Å². The average Bonchev–Trinajstić information content (AvgIpc) is 2.37. The molecule has 1 aromatic carbocycles. The number of carbonyl (C=O) groups excluding carboxylic acids is 1. The van der Waals surface area contributed by atoms with Crippen LogP contribution in [-0.4, -0.2) is 26.0 Å². The van der Waals surface area contributed by atoms with E-state index >= 15 is 0 Å². The third kappa shape index (κ3) is 4.84. The lowest BCUT2D eigenvalue weighted by Crippen LogP contribution is -2.32. The van der Waals surface area contributed by atoms with E-state index in [-0.39, 0.29) is 17.6 Å². The van der Waals surface area contributed by atoms with Crippen molar-refractivity contribution in [1.29, 1.82) is 0 Å². The van der Waals surface area contributed by atoms with E-state index < -0.39 is 0 Å². The zero-order valence-corrected chi connectivity index (χ0v) is 11.0. The highest BCUT2D eigenvalue weighted by atomic mass is 19.1. The number of amides is 1. The van der Waals surface area contributed by atoms with Crippen LogP contribution in [0.2, 0.25) is 0 Å². The number of hydrogen-bond acceptors (Lipinski definition) is 2. The van der Waals surface area contributed by atoms with Gasteiger partial charge in [-0.3, -0.25) is 4.79 Å². The Morgan fingerprint density at radius 3 is 2.72 bits per heavy atom. The lowest BCUT2D eigenvalue weighted by atomic mass is 10.00. The van der Waals surface area contributed by atoms with E-state index in [4.69, 9.17) is 0 Å². The summed E-state index contributed by atoms with van der Waals surface area (Å²) in [5.41, 5.74) is 0.593. The fraction of sp³-hybridized carbons (Fsp3) is 0.500. The van der Waals surface area contributed by atoms with Crippen molar-refractivity contribution in [3.05, 3.63) is 35.6 Å². The molecule has 0 aromatic heterocycles. The van der Waals surface area contributed by atoms with Gasteiger partial charge in [-0.2, -0.15) is 0 Å². The summed E-state index contributed by atoms with van der Waals surface area (Å²) in [5.74, 6) is -0.474. The molecule has 18 heavy (non-hydrogen) atoms. The largest absolute Gasteiger partial charge is 0.356 e. The standard InChI is InChI=1S/C14H21FN2O/c1-11(14(18)17-9-5-8-16-2)10-12-6-3-4-7-13(12)15/h3-4,6-7,11,16H,5,8-10H2,1-2H3,(H,17,18). The highest BCUT2D eigenvalue weighted by molar-refractivity contribution is 5.78. The van der Waals surface area contributed by atoms with E-state index in [1.54, 1.807) is 18.2 Å². The third-order valence-corrected chi connectivity index (χ3v) is 2.83. The molecule has 1 atom stereocenters. The zero-order valence-electron chi connectivity index (χ0n) is 11.0. The van der Waals surface area contributed by atoms with Crippen LogP contribution in [-0.2, 0) is 11.2 Å². The van der Waals surface area contributed by atoms with Crippen LogP contribution in [0.4, 0.5) is 4.39 Å². The summed E-state index contributed by atoms with van der Waals surface area (Å²) in [7, 11) is 1.88. The van der Waals surface area contributed by atoms with Crippen molar-refractivity contribution in [2.75, 3.05) is 20.1 Å². The van der Waals surface area contributed by atoms with Crippen LogP contribution in [0.3, 0.4) is 0 Å². The van der Waals surface area contributed by atoms with Gasteiger partial charge in [0, 0.05) is 12.5 Å². The Balaban J connectivity index is 2.38. The second kappa shape index (κ2) is 7.82. The molecular weight excluding hydrogens is 231 g/mol. The van der Waals surface area contributed by atoms with Gasteiger partial charge in [0.15, 0.2) is 0 Å². The van der Waals surface area contributed by atoms with Crippen molar-refractivity contribution < 1.29 is 9.18 Å². The number of nitrogens with one attached hydrogen (secondary N) is 2. The van der Waals surface area contributed by atoms with Gasteiger partial charge in [-0.1, -0.05) is 25.1 Å². The van der Waals surface area contributed by atoms with E-state index in [0.717, 1.165) is 13.0 Å². The van der Waals surface area contributed by atoms with Crippen LogP contribution in [0.25, 0.3) is 0 Å². The van der Waals surface area contributed by atoms with Crippen molar-refractivity contribution in [3.8, 4) is 0 Å². The SMILES string of the molecule is CNCCCNC(=O)C(C)Cc1ccccc1F. The Bertz CT molecular complexity index is 382. The van der Waals surface area contributed by atoms with E-state index in [0.29, 0.717) is 18.5 Å². The summed E-state index contributed by atoms with van der Waals surface area (Å²) in [6.45, 7) is 3.35. The fourth-order valence-corrected chi connectivity index (χ4v) is 1.74. The van der Waals surface area contributed by atoms with Gasteiger partial charge in [0.1, 0.15) is 5.82 Å². The predicted octanol–water partition coefficient (Wildman–Crippen LogP) is 1.73. The lowest BCUT2D eigenvalue weighted by molar-refractivity contribution is -0.124. The van der Waals surface area contributed by atoms with Crippen molar-refractivity contribution >= 4 is 5.91 Å². The molecule has 0 fully saturated rings. The Hall–Kier alpha value is -1.42. The highest BCUT2D eigenvalue weighted by Gasteiger charge is 2.14. The van der Waals surface area contributed by atoms with Crippen LogP contribution < -0.4 is 10.6 Å². The molecule has 4 heteroatoms. The molecule has 0 spiro atoms. The van der Waals surface area contributed by atoms with Crippen LogP contribution in [0, 0.1) is 11.7 Å². The predicted molar refractivity (Wildman–Crippen MR) is 70.8 cm³/mol. The lowest BCUT2D eigenvalue weighted by Gasteiger charge is -2.12. The number of halogens is 1. The first kappa shape index (κ1) is 14.6. The van der Waals surface area contributed by atoms with Gasteiger partial charge in [-0.25, -0.2) is 4.39 Å². The maximum absolute atomic E-state index is 13.4. The molecule has 0 heterocycles. The number of benzene rings is 1. The summed E-state index contributed by atoms with van der Waals surface area (Å²) in [5, 5.41) is 5.87. The van der Waals surface area contributed by atoms with Gasteiger partial charge < -0.3 is 10.6 Å². The van der Waals surface area contributed by atoms with Crippen LogP contribution in [0.15, 0.2) is 24.3 Å². The Morgan fingerprint density at radius 2 is 2.06 bits per heavy atom. The molecule has 0 bridgehead atoms. The molecule has 0 radical (unpaired) electrons. The molecule has 100 valence electrons. The smallest absolute Gasteiger partial charge is 0.223 e. The van der Waals surface area contributed by atoms with Crippen LogP contribution in [0.5, 0.6) is 0 Å². The topological polar surface area (TPSA) is 41.1 Å². The molecule has 3 nitrogen and oxygen atoms in total. The summed E-state index contributed by atoms with van der Waals surface area (Å²) >= 11 is 0. The van der Waals surface area contributed by atoms with E-state index in [9.17, 15) is 9.18 Å². The minimum absolute atomic E-state index is 0.0191. The summed E-state index contributed by atoms with van der Waals surface area (Å²) in [4.78, 5) is 11.8. The molecule has 0 aliphatic heterocycles. The van der Waals surface area contributed by atoms with E-state index in [2.05, 4.69) is 10.6 Å². The fourth-order valence-electron chi connectivity index (χ4n) is 1.74. The molecule has 1 unspecified atom stereocenters.